The zero-order valence-electron chi connectivity index (χ0n) is 15.2. The van der Waals surface area contributed by atoms with Crippen molar-refractivity contribution in [1.82, 2.24) is 30.4 Å². The van der Waals surface area contributed by atoms with Crippen LogP contribution in [0.1, 0.15) is 17.0 Å². The first kappa shape index (κ1) is 17.4. The van der Waals surface area contributed by atoms with E-state index in [9.17, 15) is 4.79 Å². The summed E-state index contributed by atoms with van der Waals surface area (Å²) in [5.41, 5.74) is 3.42. The fraction of sp³-hybridized carbons (Fsp3) is 0.300. The maximum atomic E-state index is 12.6. The van der Waals surface area contributed by atoms with Gasteiger partial charge in [-0.05, 0) is 36.7 Å². The molecule has 0 unspecified atom stereocenters. The summed E-state index contributed by atoms with van der Waals surface area (Å²) in [5.74, 6) is 1.42. The molecular weight excluding hydrogens is 340 g/mol. The minimum absolute atomic E-state index is 0.0546. The Hall–Kier alpha value is -3.06. The number of carbonyl (C=O) groups excluding carboxylic acids is 1. The Balaban J connectivity index is 1.32. The van der Waals surface area contributed by atoms with Crippen molar-refractivity contribution in [2.45, 2.75) is 25.4 Å². The second-order valence-corrected chi connectivity index (χ2v) is 6.79. The molecule has 0 radical (unpaired) electrons. The third-order valence-electron chi connectivity index (χ3n) is 4.90. The summed E-state index contributed by atoms with van der Waals surface area (Å²) in [6.07, 6.45) is 4.79. The Bertz CT molecular complexity index is 923. The molecule has 1 atom stereocenters. The Morgan fingerprint density at radius 3 is 2.93 bits per heavy atom. The van der Waals surface area contributed by atoms with Crippen molar-refractivity contribution >= 4 is 5.91 Å². The van der Waals surface area contributed by atoms with Crippen LogP contribution in [0.15, 0.2) is 48.8 Å². The first-order valence-corrected chi connectivity index (χ1v) is 9.07. The second kappa shape index (κ2) is 7.67. The Labute approximate surface area is 157 Å². The number of aromatic amines is 1. The summed E-state index contributed by atoms with van der Waals surface area (Å²) >= 11 is 0. The summed E-state index contributed by atoms with van der Waals surface area (Å²) in [4.78, 5) is 23.3. The third kappa shape index (κ3) is 3.88. The number of H-pyrrole nitrogens is 1. The van der Waals surface area contributed by atoms with Crippen LogP contribution < -0.4 is 5.32 Å². The van der Waals surface area contributed by atoms with E-state index < -0.39 is 0 Å². The molecular formula is C20H22N6O. The molecule has 4 rings (SSSR count). The van der Waals surface area contributed by atoms with Crippen LogP contribution in [0.4, 0.5) is 0 Å². The Kier molecular flexibility index (Phi) is 4.93. The number of rotatable bonds is 5. The van der Waals surface area contributed by atoms with E-state index in [2.05, 4.69) is 42.5 Å². The van der Waals surface area contributed by atoms with Crippen molar-refractivity contribution in [2.75, 3.05) is 13.6 Å². The summed E-state index contributed by atoms with van der Waals surface area (Å²) < 4.78 is 0. The van der Waals surface area contributed by atoms with Gasteiger partial charge in [-0.1, -0.05) is 24.3 Å². The van der Waals surface area contributed by atoms with Gasteiger partial charge in [0, 0.05) is 37.5 Å². The van der Waals surface area contributed by atoms with Crippen molar-refractivity contribution in [3.8, 4) is 11.4 Å². The maximum absolute atomic E-state index is 12.6. The number of hydrogen-bond donors (Lipinski definition) is 2. The van der Waals surface area contributed by atoms with Crippen molar-refractivity contribution in [1.29, 1.82) is 0 Å². The van der Waals surface area contributed by atoms with Gasteiger partial charge in [0.05, 0.1) is 6.04 Å². The van der Waals surface area contributed by atoms with Gasteiger partial charge in [-0.15, -0.1) is 0 Å². The van der Waals surface area contributed by atoms with Crippen LogP contribution in [0, 0.1) is 0 Å². The highest BCUT2D eigenvalue weighted by Gasteiger charge is 2.28. The first-order chi connectivity index (χ1) is 13.2. The Morgan fingerprint density at radius 1 is 1.26 bits per heavy atom. The number of carbonyl (C=O) groups is 1. The zero-order chi connectivity index (χ0) is 18.6. The van der Waals surface area contributed by atoms with Crippen LogP contribution in [-0.4, -0.2) is 50.6 Å². The molecule has 0 bridgehead atoms. The van der Waals surface area contributed by atoms with E-state index in [0.717, 1.165) is 24.4 Å². The molecule has 0 saturated heterocycles. The average molecular weight is 362 g/mol. The normalized spacial score (nSPS) is 16.7. The summed E-state index contributed by atoms with van der Waals surface area (Å²) in [7, 11) is 2.00. The number of fused-ring (bicyclic) bond motifs is 1. The van der Waals surface area contributed by atoms with Crippen molar-refractivity contribution in [2.24, 2.45) is 0 Å². The van der Waals surface area contributed by atoms with Gasteiger partial charge in [-0.25, -0.2) is 4.98 Å². The lowest BCUT2D eigenvalue weighted by Gasteiger charge is -2.33. The van der Waals surface area contributed by atoms with Crippen LogP contribution in [0.3, 0.4) is 0 Å². The molecule has 1 aliphatic rings. The van der Waals surface area contributed by atoms with Crippen LogP contribution in [-0.2, 0) is 24.2 Å². The van der Waals surface area contributed by atoms with Crippen LogP contribution in [0.2, 0.25) is 0 Å². The molecule has 0 aliphatic carbocycles. The maximum Gasteiger partial charge on any atom is 0.237 e. The predicted molar refractivity (Wildman–Crippen MR) is 102 cm³/mol. The molecule has 0 spiro atoms. The smallest absolute Gasteiger partial charge is 0.237 e. The fourth-order valence-electron chi connectivity index (χ4n) is 3.40. The van der Waals surface area contributed by atoms with E-state index >= 15 is 0 Å². The fourth-order valence-corrected chi connectivity index (χ4v) is 3.40. The number of benzene rings is 1. The van der Waals surface area contributed by atoms with Gasteiger partial charge in [0.15, 0.2) is 5.82 Å². The highest BCUT2D eigenvalue weighted by molar-refractivity contribution is 5.82. The Morgan fingerprint density at radius 2 is 2.11 bits per heavy atom. The lowest BCUT2D eigenvalue weighted by Crippen LogP contribution is -2.48. The topological polar surface area (TPSA) is 86.8 Å². The third-order valence-corrected chi connectivity index (χ3v) is 4.90. The van der Waals surface area contributed by atoms with Gasteiger partial charge >= 0.3 is 0 Å². The van der Waals surface area contributed by atoms with E-state index in [0.29, 0.717) is 18.8 Å². The monoisotopic (exact) mass is 362 g/mol. The minimum atomic E-state index is -0.138. The van der Waals surface area contributed by atoms with Gasteiger partial charge in [-0.3, -0.25) is 19.8 Å². The van der Waals surface area contributed by atoms with E-state index in [4.69, 9.17) is 0 Å². The summed E-state index contributed by atoms with van der Waals surface area (Å²) in [5, 5.41) is 10.2. The first-order valence-electron chi connectivity index (χ1n) is 9.07. The van der Waals surface area contributed by atoms with E-state index in [-0.39, 0.29) is 11.9 Å². The largest absolute Gasteiger partial charge is 0.354 e. The lowest BCUT2D eigenvalue weighted by atomic mass is 9.94. The number of amides is 1. The standard InChI is InChI=1S/C20H22N6O/c1-26-13-16-6-3-2-5-14(16)11-17(26)20(27)22-10-8-18-23-19(25-24-18)15-7-4-9-21-12-15/h2-7,9,12,17H,8,10-11,13H2,1H3,(H,22,27)(H,23,24,25)/t17-/m1/s1. The van der Waals surface area contributed by atoms with Gasteiger partial charge in [0.2, 0.25) is 5.91 Å². The molecule has 7 heteroatoms. The van der Waals surface area contributed by atoms with E-state index in [1.165, 1.54) is 11.1 Å². The molecule has 2 aromatic heterocycles. The van der Waals surface area contributed by atoms with Crippen molar-refractivity contribution in [3.63, 3.8) is 0 Å². The molecule has 27 heavy (non-hydrogen) atoms. The highest BCUT2D eigenvalue weighted by atomic mass is 16.2. The van der Waals surface area contributed by atoms with Gasteiger partial charge in [0.25, 0.3) is 0 Å². The number of nitrogens with one attached hydrogen (secondary N) is 2. The highest BCUT2D eigenvalue weighted by Crippen LogP contribution is 2.21. The quantitative estimate of drug-likeness (QED) is 0.720. The van der Waals surface area contributed by atoms with Gasteiger partial charge in [-0.2, -0.15) is 5.10 Å². The molecule has 0 fully saturated rings. The molecule has 3 aromatic rings. The molecule has 0 saturated carbocycles. The van der Waals surface area contributed by atoms with Gasteiger partial charge in [0.1, 0.15) is 5.82 Å². The summed E-state index contributed by atoms with van der Waals surface area (Å²) in [6.45, 7) is 1.32. The molecule has 1 amide bonds. The second-order valence-electron chi connectivity index (χ2n) is 6.79. The molecule has 1 aliphatic heterocycles. The van der Waals surface area contributed by atoms with Crippen LogP contribution in [0.25, 0.3) is 11.4 Å². The van der Waals surface area contributed by atoms with E-state index in [1.807, 2.05) is 31.3 Å². The lowest BCUT2D eigenvalue weighted by molar-refractivity contribution is -0.126. The number of aromatic nitrogens is 4. The molecule has 1 aromatic carbocycles. The SMILES string of the molecule is CN1Cc2ccccc2C[C@@H]1C(=O)NCCc1nc(-c2cccnc2)n[nH]1. The molecule has 7 nitrogen and oxygen atoms in total. The van der Waals surface area contributed by atoms with Crippen LogP contribution in [0.5, 0.6) is 0 Å². The zero-order valence-corrected chi connectivity index (χ0v) is 15.2. The molecule has 3 heterocycles. The van der Waals surface area contributed by atoms with Crippen molar-refractivity contribution in [3.05, 3.63) is 65.7 Å². The van der Waals surface area contributed by atoms with Crippen molar-refractivity contribution < 1.29 is 4.79 Å². The molecule has 2 N–H and O–H groups in total. The number of hydrogen-bond acceptors (Lipinski definition) is 5. The van der Waals surface area contributed by atoms with E-state index in [1.54, 1.807) is 12.4 Å². The van der Waals surface area contributed by atoms with Crippen LogP contribution >= 0.6 is 0 Å². The number of pyridine rings is 1. The number of nitrogens with zero attached hydrogens (tertiary/aromatic N) is 4. The summed E-state index contributed by atoms with van der Waals surface area (Å²) in [6, 6.07) is 11.9. The minimum Gasteiger partial charge on any atom is -0.354 e. The average Bonchev–Trinajstić information content (AvgIpc) is 3.17. The number of likely N-dealkylation sites (N-methyl/N-ethyl adjacent to an activating group) is 1. The predicted octanol–water partition coefficient (Wildman–Crippen LogP) is 1.58. The van der Waals surface area contributed by atoms with Gasteiger partial charge < -0.3 is 5.32 Å². The molecule has 138 valence electrons.